The molecule has 1 aliphatic heterocycles. The first-order valence-electron chi connectivity index (χ1n) is 7.55. The molecule has 2 N–H and O–H groups in total. The third-order valence-electron chi connectivity index (χ3n) is 3.64. The van der Waals surface area contributed by atoms with E-state index < -0.39 is 5.97 Å². The normalized spacial score (nSPS) is 20.6. The maximum absolute atomic E-state index is 12.2. The van der Waals surface area contributed by atoms with Crippen molar-refractivity contribution in [1.29, 1.82) is 0 Å². The number of amides is 1. The second-order valence-corrected chi connectivity index (χ2v) is 6.11. The summed E-state index contributed by atoms with van der Waals surface area (Å²) >= 11 is 5.93. The van der Waals surface area contributed by atoms with Gasteiger partial charge in [0.2, 0.25) is 0 Å². The van der Waals surface area contributed by atoms with Crippen LogP contribution in [-0.4, -0.2) is 55.8 Å². The van der Waals surface area contributed by atoms with E-state index in [9.17, 15) is 9.59 Å². The van der Waals surface area contributed by atoms with Gasteiger partial charge in [0.1, 0.15) is 11.3 Å². The quantitative estimate of drug-likeness (QED) is 0.652. The molecule has 1 aliphatic rings. The molecule has 1 heterocycles. The van der Waals surface area contributed by atoms with Crippen LogP contribution in [0.15, 0.2) is 12.1 Å². The third kappa shape index (κ3) is 4.30. The molecule has 1 amide bonds. The lowest BCUT2D eigenvalue weighted by Gasteiger charge is -2.35. The van der Waals surface area contributed by atoms with Gasteiger partial charge in [0, 0.05) is 19.2 Å². The minimum absolute atomic E-state index is 0.0515. The summed E-state index contributed by atoms with van der Waals surface area (Å²) in [5.74, 6) is -0.731. The van der Waals surface area contributed by atoms with Crippen molar-refractivity contribution in [3.8, 4) is 5.75 Å². The fourth-order valence-electron chi connectivity index (χ4n) is 2.58. The average Bonchev–Trinajstić information content (AvgIpc) is 2.53. The van der Waals surface area contributed by atoms with Gasteiger partial charge in [0.05, 0.1) is 30.0 Å². The number of carbonyl (C=O) groups is 2. The zero-order valence-corrected chi connectivity index (χ0v) is 14.6. The summed E-state index contributed by atoms with van der Waals surface area (Å²) in [5.41, 5.74) is 6.08. The molecule has 0 saturated carbocycles. The van der Waals surface area contributed by atoms with E-state index >= 15 is 0 Å². The van der Waals surface area contributed by atoms with Crippen molar-refractivity contribution in [3.63, 3.8) is 0 Å². The highest BCUT2D eigenvalue weighted by molar-refractivity contribution is 6.33. The lowest BCUT2D eigenvalue weighted by molar-refractivity contribution is -0.146. The van der Waals surface area contributed by atoms with Crippen LogP contribution in [0.3, 0.4) is 0 Å². The third-order valence-corrected chi connectivity index (χ3v) is 3.97. The van der Waals surface area contributed by atoms with Crippen molar-refractivity contribution in [2.75, 3.05) is 32.5 Å². The number of morpholine rings is 1. The maximum Gasteiger partial charge on any atom is 0.342 e. The molecule has 8 heteroatoms. The van der Waals surface area contributed by atoms with Gasteiger partial charge in [-0.2, -0.15) is 0 Å². The van der Waals surface area contributed by atoms with E-state index in [2.05, 4.69) is 0 Å². The van der Waals surface area contributed by atoms with Crippen molar-refractivity contribution >= 4 is 29.2 Å². The number of nitrogen functional groups attached to an aromatic ring is 1. The first-order valence-corrected chi connectivity index (χ1v) is 7.93. The first kappa shape index (κ1) is 18.4. The van der Waals surface area contributed by atoms with E-state index in [1.165, 1.54) is 19.2 Å². The number of anilines is 1. The molecular weight excluding hydrogens is 336 g/mol. The number of ether oxygens (including phenoxy) is 3. The van der Waals surface area contributed by atoms with E-state index in [-0.39, 0.29) is 46.7 Å². The summed E-state index contributed by atoms with van der Waals surface area (Å²) in [7, 11) is 1.40. The molecule has 7 nitrogen and oxygen atoms in total. The predicted molar refractivity (Wildman–Crippen MR) is 89.3 cm³/mol. The minimum atomic E-state index is -0.698. The molecule has 0 spiro atoms. The second-order valence-electron chi connectivity index (χ2n) is 5.71. The second kappa shape index (κ2) is 7.72. The number of rotatable bonds is 4. The molecule has 0 aliphatic carbocycles. The average molecular weight is 357 g/mol. The van der Waals surface area contributed by atoms with Crippen LogP contribution < -0.4 is 10.5 Å². The summed E-state index contributed by atoms with van der Waals surface area (Å²) < 4.78 is 15.8. The largest absolute Gasteiger partial charge is 0.496 e. The first-order chi connectivity index (χ1) is 11.3. The van der Waals surface area contributed by atoms with E-state index in [1.807, 2.05) is 13.8 Å². The smallest absolute Gasteiger partial charge is 0.342 e. The zero-order valence-electron chi connectivity index (χ0n) is 13.9. The van der Waals surface area contributed by atoms with Gasteiger partial charge in [-0.1, -0.05) is 11.6 Å². The van der Waals surface area contributed by atoms with Gasteiger partial charge in [0.15, 0.2) is 6.61 Å². The Labute approximate surface area is 145 Å². The predicted octanol–water partition coefficient (Wildman–Crippen LogP) is 1.72. The Morgan fingerprint density at radius 1 is 1.33 bits per heavy atom. The molecule has 1 aromatic carbocycles. The van der Waals surface area contributed by atoms with Crippen molar-refractivity contribution in [3.05, 3.63) is 22.7 Å². The van der Waals surface area contributed by atoms with Gasteiger partial charge in [0.25, 0.3) is 5.91 Å². The Bertz CT molecular complexity index is 627. The highest BCUT2D eigenvalue weighted by atomic mass is 35.5. The molecule has 0 radical (unpaired) electrons. The van der Waals surface area contributed by atoms with Gasteiger partial charge < -0.3 is 24.8 Å². The number of hydrogen-bond donors (Lipinski definition) is 1. The topological polar surface area (TPSA) is 91.1 Å². The number of hydrogen-bond acceptors (Lipinski definition) is 6. The fraction of sp³-hybridized carbons (Fsp3) is 0.500. The maximum atomic E-state index is 12.2. The van der Waals surface area contributed by atoms with Crippen LogP contribution in [0, 0.1) is 0 Å². The SMILES string of the molecule is COc1cc(N)c(Cl)cc1C(=O)OCC(=O)N1C[C@@H](C)O[C@@H](C)C1. The van der Waals surface area contributed by atoms with Crippen LogP contribution in [0.4, 0.5) is 5.69 Å². The van der Waals surface area contributed by atoms with Crippen LogP contribution in [0.2, 0.25) is 5.02 Å². The summed E-state index contributed by atoms with van der Waals surface area (Å²) in [6, 6.07) is 2.80. The Kier molecular flexibility index (Phi) is 5.90. The molecule has 1 saturated heterocycles. The minimum Gasteiger partial charge on any atom is -0.496 e. The summed E-state index contributed by atoms with van der Waals surface area (Å²) in [6.07, 6.45) is -0.103. The number of carbonyl (C=O) groups excluding carboxylic acids is 2. The molecule has 132 valence electrons. The van der Waals surface area contributed by atoms with Gasteiger partial charge in [-0.05, 0) is 19.9 Å². The molecular formula is C16H21ClN2O5. The molecule has 2 rings (SSSR count). The van der Waals surface area contributed by atoms with Gasteiger partial charge >= 0.3 is 5.97 Å². The zero-order chi connectivity index (χ0) is 17.9. The van der Waals surface area contributed by atoms with E-state index in [0.29, 0.717) is 13.1 Å². The number of nitrogens with two attached hydrogens (primary N) is 1. The number of nitrogens with zero attached hydrogens (tertiary/aromatic N) is 1. The standard InChI is InChI=1S/C16H21ClN2O5/c1-9-6-19(7-10(2)24-9)15(20)8-23-16(21)11-4-12(17)13(18)5-14(11)22-3/h4-5,9-10H,6-8,18H2,1-3H3/t9-,10+. The molecule has 1 aromatic rings. The molecule has 2 atom stereocenters. The van der Waals surface area contributed by atoms with Crippen molar-refractivity contribution in [1.82, 2.24) is 4.90 Å². The molecule has 24 heavy (non-hydrogen) atoms. The highest BCUT2D eigenvalue weighted by Crippen LogP contribution is 2.29. The Balaban J connectivity index is 2.00. The van der Waals surface area contributed by atoms with Gasteiger partial charge in [-0.15, -0.1) is 0 Å². The Hall–Kier alpha value is -1.99. The molecule has 1 fully saturated rings. The van der Waals surface area contributed by atoms with Crippen LogP contribution in [0.5, 0.6) is 5.75 Å². The number of esters is 1. The molecule has 0 unspecified atom stereocenters. The Morgan fingerprint density at radius 3 is 2.54 bits per heavy atom. The van der Waals surface area contributed by atoms with Crippen LogP contribution >= 0.6 is 11.6 Å². The van der Waals surface area contributed by atoms with Crippen LogP contribution in [0.1, 0.15) is 24.2 Å². The summed E-state index contributed by atoms with van der Waals surface area (Å²) in [6.45, 7) is 4.37. The number of halogens is 1. The summed E-state index contributed by atoms with van der Waals surface area (Å²) in [5, 5.41) is 0.213. The molecule has 0 aromatic heterocycles. The van der Waals surface area contributed by atoms with Crippen molar-refractivity contribution in [2.45, 2.75) is 26.1 Å². The van der Waals surface area contributed by atoms with E-state index in [4.69, 9.17) is 31.5 Å². The van der Waals surface area contributed by atoms with Crippen molar-refractivity contribution in [2.24, 2.45) is 0 Å². The van der Waals surface area contributed by atoms with E-state index in [1.54, 1.807) is 4.90 Å². The highest BCUT2D eigenvalue weighted by Gasteiger charge is 2.27. The number of methoxy groups -OCH3 is 1. The lowest BCUT2D eigenvalue weighted by atomic mass is 10.2. The van der Waals surface area contributed by atoms with Gasteiger partial charge in [-0.25, -0.2) is 4.79 Å². The summed E-state index contributed by atoms with van der Waals surface area (Å²) in [4.78, 5) is 26.0. The number of benzene rings is 1. The Morgan fingerprint density at radius 2 is 1.96 bits per heavy atom. The van der Waals surface area contributed by atoms with E-state index in [0.717, 1.165) is 0 Å². The van der Waals surface area contributed by atoms with Gasteiger partial charge in [-0.3, -0.25) is 4.79 Å². The molecule has 0 bridgehead atoms. The van der Waals surface area contributed by atoms with Crippen LogP contribution in [-0.2, 0) is 14.3 Å². The van der Waals surface area contributed by atoms with Crippen molar-refractivity contribution < 1.29 is 23.8 Å². The fourth-order valence-corrected chi connectivity index (χ4v) is 2.74. The monoisotopic (exact) mass is 356 g/mol. The van der Waals surface area contributed by atoms with Crippen LogP contribution in [0.25, 0.3) is 0 Å². The lowest BCUT2D eigenvalue weighted by Crippen LogP contribution is -2.49.